The molecular formula is C49H26BClF24N2. The summed E-state index contributed by atoms with van der Waals surface area (Å²) in [4.78, 5) is 4.23. The van der Waals surface area contributed by atoms with Crippen molar-refractivity contribution in [1.29, 1.82) is 0 Å². The molecule has 28 heteroatoms. The lowest BCUT2D eigenvalue weighted by Crippen LogP contribution is -2.75. The lowest BCUT2D eigenvalue weighted by atomic mass is 9.12. The zero-order valence-corrected chi connectivity index (χ0v) is 38.2. The third kappa shape index (κ3) is 13.8. The molecule has 1 heterocycles. The minimum atomic E-state index is -6.13. The fraction of sp³-hybridized carbons (Fsp3) is 0.184. The molecule has 410 valence electrons. The summed E-state index contributed by atoms with van der Waals surface area (Å²) in [5, 5.41) is 0.734. The molecule has 0 unspecified atom stereocenters. The largest absolute Gasteiger partial charge is 0.416 e. The van der Waals surface area contributed by atoms with E-state index >= 15 is 0 Å². The number of nitrogens with zero attached hydrogens (tertiary/aromatic N) is 2. The number of hydrogen-bond donors (Lipinski definition) is 0. The maximum absolute atomic E-state index is 14.2. The van der Waals surface area contributed by atoms with Gasteiger partial charge in [-0.1, -0.05) is 96.5 Å². The van der Waals surface area contributed by atoms with Crippen molar-refractivity contribution in [3.8, 4) is 11.3 Å². The molecule has 7 rings (SSSR count). The van der Waals surface area contributed by atoms with Crippen molar-refractivity contribution >= 4 is 39.6 Å². The highest BCUT2D eigenvalue weighted by atomic mass is 35.5. The predicted molar refractivity (Wildman–Crippen MR) is 230 cm³/mol. The van der Waals surface area contributed by atoms with Gasteiger partial charge in [0.05, 0.1) is 56.9 Å². The van der Waals surface area contributed by atoms with Gasteiger partial charge in [0.2, 0.25) is 5.69 Å². The van der Waals surface area contributed by atoms with Gasteiger partial charge in [0, 0.05) is 16.1 Å². The van der Waals surface area contributed by atoms with Gasteiger partial charge in [0.15, 0.2) is 12.7 Å². The fourth-order valence-corrected chi connectivity index (χ4v) is 8.45. The van der Waals surface area contributed by atoms with Crippen LogP contribution in [0.15, 0.2) is 146 Å². The number of rotatable bonds is 7. The zero-order valence-electron chi connectivity index (χ0n) is 37.5. The lowest BCUT2D eigenvalue weighted by molar-refractivity contribution is -0.678. The average molecular weight is 1140 g/mol. The average Bonchev–Trinajstić information content (AvgIpc) is 3.30. The second kappa shape index (κ2) is 20.8. The Morgan fingerprint density at radius 2 is 0.662 bits per heavy atom. The monoisotopic (exact) mass is 1140 g/mol. The Hall–Kier alpha value is -6.93. The first-order valence-corrected chi connectivity index (χ1v) is 21.5. The normalized spacial score (nSPS) is 13.3. The van der Waals surface area contributed by atoms with Crippen molar-refractivity contribution in [3.05, 3.63) is 201 Å². The van der Waals surface area contributed by atoms with E-state index in [2.05, 4.69) is 33.8 Å². The van der Waals surface area contributed by atoms with Gasteiger partial charge in [-0.3, -0.25) is 4.98 Å². The summed E-state index contributed by atoms with van der Waals surface area (Å²) in [6.45, 7) is 0.811. The van der Waals surface area contributed by atoms with Crippen molar-refractivity contribution in [2.75, 3.05) is 0 Å². The molecule has 0 N–H and O–H groups in total. The maximum Gasteiger partial charge on any atom is 0.416 e. The molecule has 0 bridgehead atoms. The summed E-state index contributed by atoms with van der Waals surface area (Å²) in [5.41, 5.74) is -26.8. The van der Waals surface area contributed by atoms with E-state index < -0.39 is 195 Å². The Balaban J connectivity index is 0.000000397. The van der Waals surface area contributed by atoms with Crippen LogP contribution in [-0.4, -0.2) is 11.1 Å². The fourth-order valence-electron chi connectivity index (χ4n) is 8.26. The van der Waals surface area contributed by atoms with E-state index in [-0.39, 0.29) is 0 Å². The highest BCUT2D eigenvalue weighted by Gasteiger charge is 2.47. The van der Waals surface area contributed by atoms with E-state index in [4.69, 9.17) is 11.6 Å². The molecule has 0 aliphatic heterocycles. The number of hydrogen-bond acceptors (Lipinski definition) is 1. The number of aromatic nitrogens is 2. The highest BCUT2D eigenvalue weighted by molar-refractivity contribution is 7.20. The molecule has 0 saturated heterocycles. The summed E-state index contributed by atoms with van der Waals surface area (Å²) in [6, 6.07) is 9.40. The molecule has 7 aromatic rings. The Kier molecular flexibility index (Phi) is 16.0. The van der Waals surface area contributed by atoms with Crippen LogP contribution < -0.4 is 26.4 Å². The molecule has 0 fully saturated rings. The smallest absolute Gasteiger partial charge is 0.252 e. The molecular weight excluding hydrogens is 1120 g/mol. The van der Waals surface area contributed by atoms with Crippen LogP contribution in [0.5, 0.6) is 0 Å². The second-order valence-corrected chi connectivity index (χ2v) is 17.2. The van der Waals surface area contributed by atoms with Gasteiger partial charge in [-0.05, 0) is 42.5 Å². The Morgan fingerprint density at radius 3 is 0.935 bits per heavy atom. The van der Waals surface area contributed by atoms with Crippen LogP contribution in [0, 0.1) is 0 Å². The van der Waals surface area contributed by atoms with Crippen LogP contribution in [0.25, 0.3) is 11.3 Å². The van der Waals surface area contributed by atoms with Gasteiger partial charge in [-0.2, -0.15) is 132 Å². The van der Waals surface area contributed by atoms with E-state index in [0.29, 0.717) is 0 Å². The molecule has 0 radical (unpaired) electrons. The maximum atomic E-state index is 14.2. The van der Waals surface area contributed by atoms with E-state index in [1.165, 1.54) is 5.56 Å². The third-order valence-corrected chi connectivity index (χ3v) is 11.8. The van der Waals surface area contributed by atoms with Gasteiger partial charge in [0.1, 0.15) is 6.15 Å². The van der Waals surface area contributed by atoms with Crippen molar-refractivity contribution < 1.29 is 110 Å². The first-order chi connectivity index (χ1) is 35.1. The summed E-state index contributed by atoms with van der Waals surface area (Å²) in [6.07, 6.45) is -49.1. The zero-order chi connectivity index (χ0) is 57.7. The molecule has 0 amide bonds. The highest BCUT2D eigenvalue weighted by Crippen LogP contribution is 2.41. The van der Waals surface area contributed by atoms with Crippen molar-refractivity contribution in [2.45, 2.75) is 56.0 Å². The van der Waals surface area contributed by atoms with E-state index in [1.807, 2.05) is 42.7 Å². The minimum Gasteiger partial charge on any atom is -0.252 e. The summed E-state index contributed by atoms with van der Waals surface area (Å²) < 4.78 is 343. The number of alkyl halides is 24. The molecule has 0 spiro atoms. The minimum absolute atomic E-state index is 0.691. The summed E-state index contributed by atoms with van der Waals surface area (Å²) >= 11 is 6.08. The number of halogens is 25. The lowest BCUT2D eigenvalue weighted by Gasteiger charge is -2.46. The first-order valence-electron chi connectivity index (χ1n) is 21.1. The van der Waals surface area contributed by atoms with Gasteiger partial charge >= 0.3 is 49.4 Å². The second-order valence-electron chi connectivity index (χ2n) is 16.8. The van der Waals surface area contributed by atoms with Crippen LogP contribution >= 0.6 is 11.6 Å². The predicted octanol–water partition coefficient (Wildman–Crippen LogP) is 15.0. The molecule has 0 aliphatic rings. The Morgan fingerprint density at radius 1 is 0.364 bits per heavy atom. The molecule has 2 nitrogen and oxygen atoms in total. The molecule has 0 aliphatic carbocycles. The van der Waals surface area contributed by atoms with Crippen molar-refractivity contribution in [3.63, 3.8) is 0 Å². The third-order valence-electron chi connectivity index (χ3n) is 11.6. The van der Waals surface area contributed by atoms with Gasteiger partial charge in [0.25, 0.3) is 0 Å². The standard InChI is InChI=1S/C32H12BF24.C17H14ClN2/c34-25(35,36)13-1-14(26(37,38)39)6-21(5-13)33(22-7-15(27(40,41)42)2-16(8-22)28(43,44)45,23-9-17(29(46,47)48)3-18(10-23)30(49,50)51)24-11-19(31(52,53)54)4-20(12-24)32(55,56)57;18-16-8-4-7-15(11-16)17-12-19-9-10-20(17)13-14-5-2-1-3-6-14/h1-12H;1-12H,13H2/q-1;+1. The van der Waals surface area contributed by atoms with Crippen molar-refractivity contribution in [1.82, 2.24) is 4.98 Å². The SMILES string of the molecule is Clc1cccc(-c2cncc[n+]2Cc2ccccc2)c1.FC(F)(F)c1cc([B-](c2cc(C(F)(F)F)cc(C(F)(F)F)c2)(c2cc(C(F)(F)F)cc(C(F)(F)F)c2)c2cc(C(F)(F)F)cc(C(F)(F)F)c2)cc(C(F)(F)F)c1. The van der Waals surface area contributed by atoms with Crippen LogP contribution in [0.4, 0.5) is 105 Å². The van der Waals surface area contributed by atoms with E-state index in [9.17, 15) is 105 Å². The molecule has 77 heavy (non-hydrogen) atoms. The van der Waals surface area contributed by atoms with Crippen LogP contribution in [0.2, 0.25) is 5.02 Å². The van der Waals surface area contributed by atoms with Crippen LogP contribution in [0.1, 0.15) is 50.1 Å². The van der Waals surface area contributed by atoms with Crippen LogP contribution in [-0.2, 0) is 56.0 Å². The summed E-state index contributed by atoms with van der Waals surface area (Å²) in [5.74, 6) is 0. The van der Waals surface area contributed by atoms with Crippen molar-refractivity contribution in [2.24, 2.45) is 0 Å². The van der Waals surface area contributed by atoms with Gasteiger partial charge in [-0.25, -0.2) is 0 Å². The molecule has 6 aromatic carbocycles. The van der Waals surface area contributed by atoms with E-state index in [0.717, 1.165) is 22.8 Å². The van der Waals surface area contributed by atoms with Gasteiger partial charge in [-0.15, -0.1) is 0 Å². The summed E-state index contributed by atoms with van der Waals surface area (Å²) in [7, 11) is 0. The Labute approximate surface area is 422 Å². The molecule has 0 saturated carbocycles. The molecule has 1 aromatic heterocycles. The van der Waals surface area contributed by atoms with Crippen LogP contribution in [0.3, 0.4) is 0 Å². The Bertz CT molecular complexity index is 2800. The van der Waals surface area contributed by atoms with E-state index in [1.54, 1.807) is 6.20 Å². The molecule has 0 atom stereocenters. The number of benzene rings is 6. The first kappa shape index (κ1) is 59.3. The van der Waals surface area contributed by atoms with Gasteiger partial charge < -0.3 is 0 Å². The topological polar surface area (TPSA) is 16.8 Å². The quantitative estimate of drug-likeness (QED) is 0.0883.